The minimum Gasteiger partial charge on any atom is -0.468 e. The maximum absolute atomic E-state index is 13.1. The quantitative estimate of drug-likeness (QED) is 0.792. The molecule has 4 heteroatoms. The van der Waals surface area contributed by atoms with E-state index in [-0.39, 0.29) is 12.4 Å². The van der Waals surface area contributed by atoms with Crippen LogP contribution in [0.25, 0.3) is 0 Å². The van der Waals surface area contributed by atoms with Gasteiger partial charge in [0.15, 0.2) is 0 Å². The van der Waals surface area contributed by atoms with Gasteiger partial charge in [0.2, 0.25) is 0 Å². The number of carbonyl (C=O) groups is 1. The zero-order valence-electron chi connectivity index (χ0n) is 9.50. The lowest BCUT2D eigenvalue weighted by Crippen LogP contribution is -2.43. The molecule has 1 aromatic rings. The van der Waals surface area contributed by atoms with Crippen LogP contribution in [0.4, 0.5) is 4.39 Å². The van der Waals surface area contributed by atoms with Crippen LogP contribution in [0.2, 0.25) is 0 Å². The number of hydrogen-bond donors (Lipinski definition) is 1. The summed E-state index contributed by atoms with van der Waals surface area (Å²) < 4.78 is 17.9. The number of nitrogens with two attached hydrogens (primary N) is 1. The van der Waals surface area contributed by atoms with E-state index in [1.54, 1.807) is 12.1 Å². The predicted molar refractivity (Wildman–Crippen MR) is 59.4 cm³/mol. The summed E-state index contributed by atoms with van der Waals surface area (Å²) in [6.07, 6.45) is 0.472. The van der Waals surface area contributed by atoms with Gasteiger partial charge in [-0.25, -0.2) is 4.39 Å². The van der Waals surface area contributed by atoms with Crippen LogP contribution in [0.3, 0.4) is 0 Å². The minimum absolute atomic E-state index is 0.0969. The fourth-order valence-electron chi connectivity index (χ4n) is 1.79. The Morgan fingerprint density at radius 1 is 1.56 bits per heavy atom. The van der Waals surface area contributed by atoms with E-state index in [0.717, 1.165) is 0 Å². The molecular formula is C12H16FNO2. The monoisotopic (exact) mass is 225 g/mol. The van der Waals surface area contributed by atoms with Gasteiger partial charge in [-0.1, -0.05) is 19.1 Å². The number of halogens is 1. The van der Waals surface area contributed by atoms with Gasteiger partial charge in [0.05, 0.1) is 7.11 Å². The van der Waals surface area contributed by atoms with E-state index in [2.05, 4.69) is 0 Å². The van der Waals surface area contributed by atoms with Crippen LogP contribution in [0.5, 0.6) is 0 Å². The lowest BCUT2D eigenvalue weighted by atomic mass is 9.78. The summed E-state index contributed by atoms with van der Waals surface area (Å²) in [6.45, 7) is 1.92. The van der Waals surface area contributed by atoms with Crippen LogP contribution in [0.1, 0.15) is 18.9 Å². The number of carbonyl (C=O) groups excluding carboxylic acids is 1. The third-order valence-electron chi connectivity index (χ3n) is 2.91. The number of rotatable bonds is 4. The number of methoxy groups -OCH3 is 1. The Labute approximate surface area is 94.4 Å². The van der Waals surface area contributed by atoms with E-state index in [1.807, 2.05) is 6.92 Å². The Morgan fingerprint density at radius 2 is 2.25 bits per heavy atom. The summed E-state index contributed by atoms with van der Waals surface area (Å²) >= 11 is 0. The number of ether oxygens (including phenoxy) is 1. The summed E-state index contributed by atoms with van der Waals surface area (Å²) in [5.41, 5.74) is 5.27. The maximum atomic E-state index is 13.1. The van der Waals surface area contributed by atoms with Gasteiger partial charge >= 0.3 is 5.97 Å². The molecule has 0 fully saturated rings. The summed E-state index contributed by atoms with van der Waals surface area (Å²) in [6, 6.07) is 5.91. The lowest BCUT2D eigenvalue weighted by Gasteiger charge is -2.28. The Hall–Kier alpha value is -1.42. The molecule has 0 radical (unpaired) electrons. The van der Waals surface area contributed by atoms with Crippen LogP contribution in [-0.4, -0.2) is 19.6 Å². The molecule has 0 amide bonds. The number of benzene rings is 1. The zero-order chi connectivity index (χ0) is 12.2. The molecule has 1 unspecified atom stereocenters. The third-order valence-corrected chi connectivity index (χ3v) is 2.91. The summed E-state index contributed by atoms with van der Waals surface area (Å²) in [5, 5.41) is 0. The molecule has 1 rings (SSSR count). The Kier molecular flexibility index (Phi) is 4.01. The normalized spacial score (nSPS) is 14.2. The van der Waals surface area contributed by atoms with E-state index in [4.69, 9.17) is 10.5 Å². The van der Waals surface area contributed by atoms with Crippen molar-refractivity contribution >= 4 is 5.97 Å². The molecule has 0 heterocycles. The highest BCUT2D eigenvalue weighted by Crippen LogP contribution is 2.28. The van der Waals surface area contributed by atoms with E-state index in [1.165, 1.54) is 19.2 Å². The van der Waals surface area contributed by atoms with Crippen LogP contribution in [0, 0.1) is 5.82 Å². The average Bonchev–Trinajstić information content (AvgIpc) is 2.31. The molecule has 16 heavy (non-hydrogen) atoms. The van der Waals surface area contributed by atoms with Gasteiger partial charge in [0.25, 0.3) is 0 Å². The van der Waals surface area contributed by atoms with Crippen molar-refractivity contribution in [1.29, 1.82) is 0 Å². The highest BCUT2D eigenvalue weighted by Gasteiger charge is 2.38. The molecular weight excluding hydrogens is 209 g/mol. The average molecular weight is 225 g/mol. The SMILES string of the molecule is CCC(CN)(C(=O)OC)c1cccc(F)c1. The molecule has 0 aliphatic heterocycles. The minimum atomic E-state index is -0.948. The molecule has 1 atom stereocenters. The summed E-state index contributed by atoms with van der Waals surface area (Å²) in [7, 11) is 1.31. The predicted octanol–water partition coefficient (Wildman–Crippen LogP) is 1.61. The van der Waals surface area contributed by atoms with Gasteiger partial charge in [-0.15, -0.1) is 0 Å². The first-order valence-corrected chi connectivity index (χ1v) is 5.15. The third kappa shape index (κ3) is 2.07. The highest BCUT2D eigenvalue weighted by molar-refractivity contribution is 5.83. The van der Waals surface area contributed by atoms with E-state index >= 15 is 0 Å². The van der Waals surface area contributed by atoms with Crippen molar-refractivity contribution in [3.8, 4) is 0 Å². The van der Waals surface area contributed by atoms with Gasteiger partial charge in [0.1, 0.15) is 11.2 Å². The highest BCUT2D eigenvalue weighted by atomic mass is 19.1. The smallest absolute Gasteiger partial charge is 0.317 e. The summed E-state index contributed by atoms with van der Waals surface area (Å²) in [5.74, 6) is -0.809. The van der Waals surface area contributed by atoms with Crippen molar-refractivity contribution in [2.45, 2.75) is 18.8 Å². The Morgan fingerprint density at radius 3 is 2.69 bits per heavy atom. The fourth-order valence-corrected chi connectivity index (χ4v) is 1.79. The van der Waals surface area contributed by atoms with Crippen molar-refractivity contribution in [3.05, 3.63) is 35.6 Å². The molecule has 0 aliphatic carbocycles. The second kappa shape index (κ2) is 5.07. The molecule has 1 aromatic carbocycles. The lowest BCUT2D eigenvalue weighted by molar-refractivity contribution is -0.147. The van der Waals surface area contributed by atoms with E-state index in [9.17, 15) is 9.18 Å². The Bertz CT molecular complexity index is 375. The standard InChI is InChI=1S/C12H16FNO2/c1-3-12(8-14,11(15)16-2)9-5-4-6-10(13)7-9/h4-7H,3,8,14H2,1-2H3. The first-order valence-electron chi connectivity index (χ1n) is 5.15. The maximum Gasteiger partial charge on any atom is 0.317 e. The van der Waals surface area contributed by atoms with Gasteiger partial charge < -0.3 is 10.5 Å². The van der Waals surface area contributed by atoms with Crippen molar-refractivity contribution < 1.29 is 13.9 Å². The van der Waals surface area contributed by atoms with Gasteiger partial charge in [0, 0.05) is 6.54 Å². The topological polar surface area (TPSA) is 52.3 Å². The van der Waals surface area contributed by atoms with Gasteiger partial charge in [-0.05, 0) is 24.1 Å². The van der Waals surface area contributed by atoms with Gasteiger partial charge in [-0.2, -0.15) is 0 Å². The van der Waals surface area contributed by atoms with Crippen LogP contribution in [0.15, 0.2) is 24.3 Å². The Balaban J connectivity index is 3.25. The van der Waals surface area contributed by atoms with Crippen LogP contribution < -0.4 is 5.73 Å². The first-order chi connectivity index (χ1) is 7.60. The molecule has 0 aromatic heterocycles. The van der Waals surface area contributed by atoms with E-state index in [0.29, 0.717) is 12.0 Å². The van der Waals surface area contributed by atoms with Crippen molar-refractivity contribution in [2.24, 2.45) is 5.73 Å². The van der Waals surface area contributed by atoms with Gasteiger partial charge in [-0.3, -0.25) is 4.79 Å². The molecule has 0 aliphatic rings. The largest absolute Gasteiger partial charge is 0.468 e. The number of esters is 1. The molecule has 88 valence electrons. The van der Waals surface area contributed by atoms with Crippen LogP contribution in [-0.2, 0) is 14.9 Å². The zero-order valence-corrected chi connectivity index (χ0v) is 9.50. The molecule has 2 N–H and O–H groups in total. The fraction of sp³-hybridized carbons (Fsp3) is 0.417. The van der Waals surface area contributed by atoms with Crippen molar-refractivity contribution in [3.63, 3.8) is 0 Å². The van der Waals surface area contributed by atoms with Crippen molar-refractivity contribution in [2.75, 3.05) is 13.7 Å². The van der Waals surface area contributed by atoms with Crippen LogP contribution >= 0.6 is 0 Å². The second-order valence-electron chi connectivity index (χ2n) is 3.64. The molecule has 3 nitrogen and oxygen atoms in total. The first kappa shape index (κ1) is 12.6. The van der Waals surface area contributed by atoms with Crippen molar-refractivity contribution in [1.82, 2.24) is 0 Å². The molecule has 0 bridgehead atoms. The number of hydrogen-bond acceptors (Lipinski definition) is 3. The molecule has 0 spiro atoms. The molecule has 0 saturated carbocycles. The molecule has 0 saturated heterocycles. The summed E-state index contributed by atoms with van der Waals surface area (Å²) in [4.78, 5) is 11.8. The second-order valence-corrected chi connectivity index (χ2v) is 3.64. The van der Waals surface area contributed by atoms with E-state index < -0.39 is 11.4 Å².